The zero-order valence-corrected chi connectivity index (χ0v) is 12.4. The fraction of sp³-hybridized carbons (Fsp3) is 0.429. The Morgan fingerprint density at radius 1 is 1.21 bits per heavy atom. The van der Waals surface area contributed by atoms with Crippen molar-refractivity contribution in [2.75, 3.05) is 12.3 Å². The molecule has 0 unspecified atom stereocenters. The number of aromatic nitrogens is 2. The molecular formula is C14H17N3O7. The number of ether oxygens (including phenoxy) is 2. The van der Waals surface area contributed by atoms with E-state index in [1.165, 1.54) is 12.1 Å². The van der Waals surface area contributed by atoms with Gasteiger partial charge in [0.15, 0.2) is 0 Å². The van der Waals surface area contributed by atoms with Crippen LogP contribution in [0.5, 0.6) is 5.88 Å². The zero-order valence-electron chi connectivity index (χ0n) is 12.4. The minimum Gasteiger partial charge on any atom is -0.443 e. The molecule has 1 aromatic heterocycles. The van der Waals surface area contributed by atoms with E-state index in [2.05, 4.69) is 10.2 Å². The van der Waals surface area contributed by atoms with Gasteiger partial charge in [-0.05, 0) is 18.2 Å². The molecule has 24 heavy (non-hydrogen) atoms. The Morgan fingerprint density at radius 3 is 2.67 bits per heavy atom. The van der Waals surface area contributed by atoms with Crippen LogP contribution >= 0.6 is 0 Å². The van der Waals surface area contributed by atoms with Crippen molar-refractivity contribution in [2.45, 2.75) is 30.7 Å². The molecule has 3 rings (SSSR count). The van der Waals surface area contributed by atoms with Gasteiger partial charge in [-0.1, -0.05) is 0 Å². The summed E-state index contributed by atoms with van der Waals surface area (Å²) >= 11 is 0. The molecule has 10 nitrogen and oxygen atoms in total. The van der Waals surface area contributed by atoms with Crippen LogP contribution < -0.4 is 16.0 Å². The average molecular weight is 339 g/mol. The van der Waals surface area contributed by atoms with Crippen LogP contribution in [0.2, 0.25) is 0 Å². The van der Waals surface area contributed by atoms with E-state index in [0.717, 1.165) is 0 Å². The number of anilines is 1. The van der Waals surface area contributed by atoms with E-state index >= 15 is 0 Å². The fourth-order valence-electron chi connectivity index (χ4n) is 2.52. The maximum Gasteiger partial charge on any atom is 0.272 e. The first-order valence-electron chi connectivity index (χ1n) is 7.17. The molecule has 5 atom stereocenters. The maximum absolute atomic E-state index is 11.8. The minimum atomic E-state index is -1.58. The van der Waals surface area contributed by atoms with Crippen LogP contribution in [0.15, 0.2) is 23.0 Å². The highest BCUT2D eigenvalue weighted by atomic mass is 16.7. The number of nitrogens with one attached hydrogen (secondary N) is 1. The summed E-state index contributed by atoms with van der Waals surface area (Å²) in [5.74, 6) is -0.0612. The van der Waals surface area contributed by atoms with Gasteiger partial charge in [0.05, 0.1) is 17.4 Å². The van der Waals surface area contributed by atoms with E-state index in [9.17, 15) is 25.2 Å². The van der Waals surface area contributed by atoms with Crippen molar-refractivity contribution in [1.29, 1.82) is 0 Å². The van der Waals surface area contributed by atoms with Crippen LogP contribution in [0.3, 0.4) is 0 Å². The lowest BCUT2D eigenvalue weighted by molar-refractivity contribution is -0.278. The zero-order chi connectivity index (χ0) is 17.4. The molecule has 2 aromatic rings. The number of hydrogen-bond acceptors (Lipinski definition) is 9. The Balaban J connectivity index is 1.95. The lowest BCUT2D eigenvalue weighted by Gasteiger charge is -2.39. The van der Waals surface area contributed by atoms with E-state index in [4.69, 9.17) is 15.2 Å². The SMILES string of the molecule is Nc1ccc2c(O[C@@H]3O[C@H](CO)[C@H](O)[C@H](O)[C@H]3O)n[nH]c(=O)c2c1. The first-order valence-corrected chi connectivity index (χ1v) is 7.17. The molecule has 0 aliphatic carbocycles. The predicted molar refractivity (Wildman–Crippen MR) is 81.2 cm³/mol. The highest BCUT2D eigenvalue weighted by Crippen LogP contribution is 2.27. The summed E-state index contributed by atoms with van der Waals surface area (Å²) in [7, 11) is 0. The number of benzene rings is 1. The molecule has 0 bridgehead atoms. The largest absolute Gasteiger partial charge is 0.443 e. The third kappa shape index (κ3) is 2.81. The van der Waals surface area contributed by atoms with Crippen LogP contribution in [0.4, 0.5) is 5.69 Å². The third-order valence-corrected chi connectivity index (χ3v) is 3.85. The number of aromatic amines is 1. The van der Waals surface area contributed by atoms with E-state index in [1.807, 2.05) is 0 Å². The Bertz CT molecular complexity index is 794. The van der Waals surface area contributed by atoms with Crippen molar-refractivity contribution in [3.8, 4) is 5.88 Å². The summed E-state index contributed by atoms with van der Waals surface area (Å²) in [6, 6.07) is 4.51. The monoisotopic (exact) mass is 339 g/mol. The standard InChI is InChI=1S/C14H17N3O7/c15-5-1-2-6-7(3-5)12(22)16-17-13(6)24-14-11(21)10(20)9(19)8(4-18)23-14/h1-3,8-11,14,18-21H,4,15H2,(H,16,22)/t8-,9+,10+,11-,14+/m1/s1. The van der Waals surface area contributed by atoms with Crippen molar-refractivity contribution in [3.05, 3.63) is 28.6 Å². The van der Waals surface area contributed by atoms with E-state index in [-0.39, 0.29) is 11.3 Å². The predicted octanol–water partition coefficient (Wildman–Crippen LogP) is -2.32. The summed E-state index contributed by atoms with van der Waals surface area (Å²) in [5.41, 5.74) is 5.55. The quantitative estimate of drug-likeness (QED) is 0.336. The number of nitrogens with two attached hydrogens (primary N) is 1. The van der Waals surface area contributed by atoms with Gasteiger partial charge < -0.3 is 35.6 Å². The first kappa shape index (κ1) is 16.6. The first-order chi connectivity index (χ1) is 11.4. The van der Waals surface area contributed by atoms with Gasteiger partial charge in [-0.3, -0.25) is 4.79 Å². The lowest BCUT2D eigenvalue weighted by atomic mass is 9.99. The molecule has 7 N–H and O–H groups in total. The van der Waals surface area contributed by atoms with Crippen LogP contribution in [0.25, 0.3) is 10.8 Å². The molecule has 1 aliphatic heterocycles. The Hall–Kier alpha value is -2.24. The molecule has 2 heterocycles. The van der Waals surface area contributed by atoms with Crippen molar-refractivity contribution in [3.63, 3.8) is 0 Å². The third-order valence-electron chi connectivity index (χ3n) is 3.85. The van der Waals surface area contributed by atoms with Gasteiger partial charge in [0.1, 0.15) is 24.4 Å². The van der Waals surface area contributed by atoms with Gasteiger partial charge in [-0.2, -0.15) is 0 Å². The van der Waals surface area contributed by atoms with Crippen LogP contribution in [0.1, 0.15) is 0 Å². The fourth-order valence-corrected chi connectivity index (χ4v) is 2.52. The van der Waals surface area contributed by atoms with E-state index in [0.29, 0.717) is 11.1 Å². The molecule has 1 aliphatic rings. The van der Waals surface area contributed by atoms with Gasteiger partial charge in [-0.15, -0.1) is 5.10 Å². The summed E-state index contributed by atoms with van der Waals surface area (Å²) in [6.07, 6.45) is -7.17. The second-order valence-electron chi connectivity index (χ2n) is 5.48. The van der Waals surface area contributed by atoms with Crippen LogP contribution in [-0.4, -0.2) is 67.9 Å². The number of nitrogens with zero attached hydrogens (tertiary/aromatic N) is 1. The van der Waals surface area contributed by atoms with Gasteiger partial charge in [0.25, 0.3) is 5.56 Å². The van der Waals surface area contributed by atoms with Crippen molar-refractivity contribution in [1.82, 2.24) is 10.2 Å². The molecule has 1 saturated heterocycles. The molecule has 10 heteroatoms. The molecule has 0 spiro atoms. The highest BCUT2D eigenvalue weighted by Gasteiger charge is 2.45. The number of fused-ring (bicyclic) bond motifs is 1. The van der Waals surface area contributed by atoms with Gasteiger partial charge >= 0.3 is 0 Å². The molecule has 130 valence electrons. The van der Waals surface area contributed by atoms with Crippen molar-refractivity contribution in [2.24, 2.45) is 0 Å². The molecule has 0 amide bonds. The summed E-state index contributed by atoms with van der Waals surface area (Å²) in [6.45, 7) is -0.582. The van der Waals surface area contributed by atoms with E-state index in [1.54, 1.807) is 6.07 Å². The minimum absolute atomic E-state index is 0.0612. The second kappa shape index (κ2) is 6.34. The van der Waals surface area contributed by atoms with Crippen molar-refractivity contribution >= 4 is 16.5 Å². The Kier molecular flexibility index (Phi) is 4.39. The molecule has 1 fully saturated rings. The summed E-state index contributed by atoms with van der Waals surface area (Å²) in [4.78, 5) is 11.8. The lowest BCUT2D eigenvalue weighted by Crippen LogP contribution is -2.60. The second-order valence-corrected chi connectivity index (χ2v) is 5.48. The molecular weight excluding hydrogens is 322 g/mol. The van der Waals surface area contributed by atoms with Crippen molar-refractivity contribution < 1.29 is 29.9 Å². The number of nitrogen functional groups attached to an aromatic ring is 1. The van der Waals surface area contributed by atoms with Gasteiger partial charge in [-0.25, -0.2) is 5.10 Å². The van der Waals surface area contributed by atoms with E-state index < -0.39 is 42.9 Å². The topological polar surface area (TPSA) is 171 Å². The number of hydrogen-bond donors (Lipinski definition) is 6. The summed E-state index contributed by atoms with van der Waals surface area (Å²) in [5, 5.41) is 45.2. The highest BCUT2D eigenvalue weighted by molar-refractivity contribution is 5.88. The number of aliphatic hydroxyl groups is 4. The number of H-pyrrole nitrogens is 1. The average Bonchev–Trinajstić information content (AvgIpc) is 2.57. The number of aliphatic hydroxyl groups excluding tert-OH is 4. The molecule has 1 aromatic carbocycles. The Morgan fingerprint density at radius 2 is 1.96 bits per heavy atom. The Labute approximate surface area is 135 Å². The maximum atomic E-state index is 11.8. The van der Waals surface area contributed by atoms with Gasteiger partial charge in [0, 0.05) is 5.69 Å². The smallest absolute Gasteiger partial charge is 0.272 e. The number of rotatable bonds is 3. The van der Waals surface area contributed by atoms with Crippen LogP contribution in [0, 0.1) is 0 Å². The summed E-state index contributed by atoms with van der Waals surface area (Å²) < 4.78 is 10.7. The van der Waals surface area contributed by atoms with Crippen LogP contribution in [-0.2, 0) is 4.74 Å². The normalized spacial score (nSPS) is 30.4. The van der Waals surface area contributed by atoms with Gasteiger partial charge in [0.2, 0.25) is 12.2 Å². The molecule has 0 saturated carbocycles. The molecule has 0 radical (unpaired) electrons.